The van der Waals surface area contributed by atoms with E-state index in [-0.39, 0.29) is 34.1 Å². The highest BCUT2D eigenvalue weighted by Crippen LogP contribution is 2.35. The highest BCUT2D eigenvalue weighted by atomic mass is 35.5. The zero-order chi connectivity index (χ0) is 22.4. The quantitative estimate of drug-likeness (QED) is 0.342. The number of ketones is 2. The van der Waals surface area contributed by atoms with Gasteiger partial charge in [0.25, 0.3) is 5.91 Å². The van der Waals surface area contributed by atoms with E-state index in [1.165, 1.54) is 6.07 Å². The molecule has 156 valence electrons. The molecule has 1 aliphatic rings. The zero-order valence-corrected chi connectivity index (χ0v) is 17.8. The highest BCUT2D eigenvalue weighted by molar-refractivity contribution is 6.43. The molecule has 1 aliphatic carbocycles. The van der Waals surface area contributed by atoms with E-state index in [2.05, 4.69) is 5.32 Å². The third kappa shape index (κ3) is 3.23. The number of rotatable bonds is 3. The van der Waals surface area contributed by atoms with Gasteiger partial charge in [0, 0.05) is 22.3 Å². The van der Waals surface area contributed by atoms with E-state index in [4.69, 9.17) is 27.6 Å². The van der Waals surface area contributed by atoms with Gasteiger partial charge in [0.1, 0.15) is 5.76 Å². The second kappa shape index (κ2) is 7.79. The average Bonchev–Trinajstić information content (AvgIpc) is 3.29. The van der Waals surface area contributed by atoms with Crippen LogP contribution < -0.4 is 5.32 Å². The van der Waals surface area contributed by atoms with Gasteiger partial charge in [-0.2, -0.15) is 0 Å². The van der Waals surface area contributed by atoms with Crippen LogP contribution in [0.15, 0.2) is 77.2 Å². The number of hydrogen-bond acceptors (Lipinski definition) is 4. The van der Waals surface area contributed by atoms with E-state index < -0.39 is 5.91 Å². The predicted octanol–water partition coefficient (Wildman–Crippen LogP) is 6.28. The summed E-state index contributed by atoms with van der Waals surface area (Å²) in [7, 11) is 0. The van der Waals surface area contributed by atoms with Crippen molar-refractivity contribution >= 4 is 46.4 Å². The Hall–Kier alpha value is -3.67. The van der Waals surface area contributed by atoms with Crippen LogP contribution in [-0.4, -0.2) is 17.5 Å². The van der Waals surface area contributed by atoms with E-state index in [0.29, 0.717) is 32.5 Å². The summed E-state index contributed by atoms with van der Waals surface area (Å²) in [5.41, 5.74) is 1.85. The standard InChI is InChI=1S/C25H13Cl2NO4/c26-17-9-3-7-15(22(17)27)19-11-12-20(32-19)25(31)28-18-10-4-8-16-21(18)24(30)14-6-2-1-5-13(14)23(16)29/h1-12H,(H,28,31). The summed E-state index contributed by atoms with van der Waals surface area (Å²) >= 11 is 12.3. The molecule has 1 N–H and O–H groups in total. The number of furan rings is 1. The molecule has 0 fully saturated rings. The van der Waals surface area contributed by atoms with Crippen molar-refractivity contribution < 1.29 is 18.8 Å². The lowest BCUT2D eigenvalue weighted by atomic mass is 9.83. The first-order valence-electron chi connectivity index (χ1n) is 9.62. The fraction of sp³-hybridized carbons (Fsp3) is 0. The first-order valence-corrected chi connectivity index (χ1v) is 10.4. The van der Waals surface area contributed by atoms with E-state index >= 15 is 0 Å². The Morgan fingerprint density at radius 1 is 0.719 bits per heavy atom. The number of nitrogens with one attached hydrogen (secondary N) is 1. The number of anilines is 1. The fourth-order valence-electron chi connectivity index (χ4n) is 3.73. The summed E-state index contributed by atoms with van der Waals surface area (Å²) in [5, 5.41) is 3.38. The van der Waals surface area contributed by atoms with Gasteiger partial charge in [-0.3, -0.25) is 14.4 Å². The maximum Gasteiger partial charge on any atom is 0.291 e. The van der Waals surface area contributed by atoms with E-state index in [1.54, 1.807) is 66.7 Å². The van der Waals surface area contributed by atoms with Gasteiger partial charge < -0.3 is 9.73 Å². The molecule has 0 radical (unpaired) electrons. The average molecular weight is 462 g/mol. The van der Waals surface area contributed by atoms with E-state index in [9.17, 15) is 14.4 Å². The van der Waals surface area contributed by atoms with Crippen molar-refractivity contribution in [3.8, 4) is 11.3 Å². The summed E-state index contributed by atoms with van der Waals surface area (Å²) in [5.74, 6) is -0.761. The third-order valence-electron chi connectivity index (χ3n) is 5.25. The molecule has 4 aromatic rings. The van der Waals surface area contributed by atoms with Gasteiger partial charge >= 0.3 is 0 Å². The van der Waals surface area contributed by atoms with Crippen molar-refractivity contribution in [1.29, 1.82) is 0 Å². The number of carbonyl (C=O) groups is 3. The van der Waals surface area contributed by atoms with Gasteiger partial charge in [0.05, 0.1) is 21.3 Å². The molecule has 32 heavy (non-hydrogen) atoms. The molecule has 0 saturated carbocycles. The minimum Gasteiger partial charge on any atom is -0.451 e. The van der Waals surface area contributed by atoms with Gasteiger partial charge in [0.15, 0.2) is 17.3 Å². The van der Waals surface area contributed by atoms with Crippen LogP contribution in [0.1, 0.15) is 42.4 Å². The molecular formula is C25H13Cl2NO4. The summed E-state index contributed by atoms with van der Waals surface area (Å²) < 4.78 is 5.68. The van der Waals surface area contributed by atoms with Crippen LogP contribution in [0.3, 0.4) is 0 Å². The smallest absolute Gasteiger partial charge is 0.291 e. The Morgan fingerprint density at radius 2 is 1.38 bits per heavy atom. The topological polar surface area (TPSA) is 76.4 Å². The lowest BCUT2D eigenvalue weighted by molar-refractivity contribution is 0.0977. The Morgan fingerprint density at radius 3 is 2.16 bits per heavy atom. The molecule has 5 rings (SSSR count). The van der Waals surface area contributed by atoms with Crippen LogP contribution in [0, 0.1) is 0 Å². The molecule has 0 saturated heterocycles. The number of hydrogen-bond donors (Lipinski definition) is 1. The van der Waals surface area contributed by atoms with Crippen LogP contribution in [0.5, 0.6) is 0 Å². The van der Waals surface area contributed by atoms with Crippen molar-refractivity contribution in [2.45, 2.75) is 0 Å². The van der Waals surface area contributed by atoms with Gasteiger partial charge in [0.2, 0.25) is 0 Å². The van der Waals surface area contributed by atoms with Crippen molar-refractivity contribution in [3.05, 3.63) is 111 Å². The molecule has 0 atom stereocenters. The van der Waals surface area contributed by atoms with Crippen LogP contribution in [0.2, 0.25) is 10.0 Å². The molecule has 0 bridgehead atoms. The fourth-order valence-corrected chi connectivity index (χ4v) is 4.13. The second-order valence-corrected chi connectivity index (χ2v) is 7.94. The van der Waals surface area contributed by atoms with Gasteiger partial charge in [-0.1, -0.05) is 65.7 Å². The summed E-state index contributed by atoms with van der Waals surface area (Å²) in [6.45, 7) is 0. The van der Waals surface area contributed by atoms with Crippen molar-refractivity contribution in [3.63, 3.8) is 0 Å². The van der Waals surface area contributed by atoms with E-state index in [1.807, 2.05) is 0 Å². The molecule has 0 unspecified atom stereocenters. The minimum atomic E-state index is -0.568. The van der Waals surface area contributed by atoms with Gasteiger partial charge in [-0.15, -0.1) is 0 Å². The van der Waals surface area contributed by atoms with Crippen LogP contribution in [-0.2, 0) is 0 Å². The van der Waals surface area contributed by atoms with Crippen LogP contribution in [0.25, 0.3) is 11.3 Å². The summed E-state index contributed by atoms with van der Waals surface area (Å²) in [6.07, 6.45) is 0. The number of carbonyl (C=O) groups excluding carboxylic acids is 3. The number of fused-ring (bicyclic) bond motifs is 2. The first kappa shape index (κ1) is 20.2. The van der Waals surface area contributed by atoms with Gasteiger partial charge in [-0.25, -0.2) is 0 Å². The summed E-state index contributed by atoms with van der Waals surface area (Å²) in [6, 6.07) is 19.6. The number of benzene rings is 3. The molecule has 5 nitrogen and oxygen atoms in total. The molecule has 0 spiro atoms. The lowest BCUT2D eigenvalue weighted by Gasteiger charge is -2.20. The third-order valence-corrected chi connectivity index (χ3v) is 6.07. The normalized spacial score (nSPS) is 12.3. The summed E-state index contributed by atoms with van der Waals surface area (Å²) in [4.78, 5) is 38.8. The number of halogens is 2. The predicted molar refractivity (Wildman–Crippen MR) is 122 cm³/mol. The maximum atomic E-state index is 13.1. The van der Waals surface area contributed by atoms with Crippen LogP contribution in [0.4, 0.5) is 5.69 Å². The molecular weight excluding hydrogens is 449 g/mol. The Bertz CT molecular complexity index is 1440. The highest BCUT2D eigenvalue weighted by Gasteiger charge is 2.32. The SMILES string of the molecule is O=C(Nc1cccc2c1C(=O)c1ccccc1C2=O)c1ccc(-c2cccc(Cl)c2Cl)o1. The largest absolute Gasteiger partial charge is 0.451 e. The molecule has 0 aliphatic heterocycles. The first-order chi connectivity index (χ1) is 15.5. The minimum absolute atomic E-state index is 0.0173. The Labute approximate surface area is 192 Å². The Kier molecular flexibility index (Phi) is 4.93. The molecule has 1 heterocycles. The van der Waals surface area contributed by atoms with Crippen molar-refractivity contribution in [2.24, 2.45) is 0 Å². The maximum absolute atomic E-state index is 13.1. The van der Waals surface area contributed by atoms with Crippen molar-refractivity contribution in [1.82, 2.24) is 0 Å². The molecule has 3 aromatic carbocycles. The van der Waals surface area contributed by atoms with Gasteiger partial charge in [-0.05, 0) is 30.3 Å². The van der Waals surface area contributed by atoms with E-state index in [0.717, 1.165) is 0 Å². The molecule has 1 amide bonds. The second-order valence-electron chi connectivity index (χ2n) is 7.15. The van der Waals surface area contributed by atoms with Crippen LogP contribution >= 0.6 is 23.2 Å². The molecule has 7 heteroatoms. The number of amides is 1. The Balaban J connectivity index is 1.48. The monoisotopic (exact) mass is 461 g/mol. The zero-order valence-electron chi connectivity index (χ0n) is 16.3. The molecule has 1 aromatic heterocycles. The lowest BCUT2D eigenvalue weighted by Crippen LogP contribution is -2.23. The van der Waals surface area contributed by atoms with Crippen molar-refractivity contribution in [2.75, 3.05) is 5.32 Å².